The monoisotopic (exact) mass is 271 g/mol. The van der Waals surface area contributed by atoms with Crippen molar-refractivity contribution in [3.63, 3.8) is 0 Å². The van der Waals surface area contributed by atoms with Gasteiger partial charge in [0.2, 0.25) is 0 Å². The van der Waals surface area contributed by atoms with E-state index in [1.165, 1.54) is 12.1 Å². The van der Waals surface area contributed by atoms with Crippen LogP contribution in [0.1, 0.15) is 18.9 Å². The fourth-order valence-corrected chi connectivity index (χ4v) is 2.16. The molecule has 0 bridgehead atoms. The van der Waals surface area contributed by atoms with E-state index >= 15 is 0 Å². The van der Waals surface area contributed by atoms with Gasteiger partial charge in [-0.2, -0.15) is 0 Å². The maximum absolute atomic E-state index is 11.4. The number of carbonyl (C=O) groups is 1. The number of nitrogens with one attached hydrogen (secondary N) is 1. The molecule has 2 N–H and O–H groups in total. The van der Waals surface area contributed by atoms with E-state index < -0.39 is 21.8 Å². The van der Waals surface area contributed by atoms with E-state index in [4.69, 9.17) is 5.11 Å². The van der Waals surface area contributed by atoms with Gasteiger partial charge in [-0.3, -0.25) is 0 Å². The van der Waals surface area contributed by atoms with Crippen molar-refractivity contribution in [2.75, 3.05) is 11.6 Å². The van der Waals surface area contributed by atoms with Crippen LogP contribution in [0.3, 0.4) is 0 Å². The zero-order chi connectivity index (χ0) is 13.9. The maximum atomic E-state index is 11.4. The molecule has 1 unspecified atom stereocenters. The minimum Gasteiger partial charge on any atom is -0.480 e. The molecule has 0 aromatic heterocycles. The molecule has 5 nitrogen and oxygen atoms in total. The van der Waals surface area contributed by atoms with Gasteiger partial charge < -0.3 is 10.4 Å². The van der Waals surface area contributed by atoms with Gasteiger partial charge in [0.25, 0.3) is 0 Å². The van der Waals surface area contributed by atoms with Crippen LogP contribution in [-0.2, 0) is 14.6 Å². The Bertz CT molecular complexity index is 551. The first kappa shape index (κ1) is 14.5. The van der Waals surface area contributed by atoms with Crippen molar-refractivity contribution < 1.29 is 18.3 Å². The third-order valence-corrected chi connectivity index (χ3v) is 3.78. The van der Waals surface area contributed by atoms with Gasteiger partial charge in [-0.05, 0) is 31.0 Å². The van der Waals surface area contributed by atoms with E-state index in [9.17, 15) is 13.2 Å². The lowest BCUT2D eigenvalue weighted by Crippen LogP contribution is -2.28. The summed E-state index contributed by atoms with van der Waals surface area (Å²) in [4.78, 5) is 11.1. The van der Waals surface area contributed by atoms with Crippen molar-refractivity contribution in [2.24, 2.45) is 0 Å². The summed E-state index contributed by atoms with van der Waals surface area (Å²) in [6.07, 6.45) is 1.54. The normalized spacial score (nSPS) is 13.1. The first-order chi connectivity index (χ1) is 8.25. The van der Waals surface area contributed by atoms with Gasteiger partial charge in [0, 0.05) is 11.9 Å². The Morgan fingerprint density at radius 3 is 2.50 bits per heavy atom. The first-order valence-corrected chi connectivity index (χ1v) is 7.45. The fourth-order valence-electron chi connectivity index (χ4n) is 1.51. The Kier molecular flexibility index (Phi) is 4.34. The van der Waals surface area contributed by atoms with Gasteiger partial charge in [-0.25, -0.2) is 13.2 Å². The largest absolute Gasteiger partial charge is 0.480 e. The van der Waals surface area contributed by atoms with E-state index in [0.29, 0.717) is 12.1 Å². The molecular weight excluding hydrogens is 254 g/mol. The fraction of sp³-hybridized carbons (Fsp3) is 0.417. The van der Waals surface area contributed by atoms with Crippen molar-refractivity contribution in [3.05, 3.63) is 23.8 Å². The molecule has 1 aromatic carbocycles. The number of hydrogen-bond acceptors (Lipinski definition) is 4. The van der Waals surface area contributed by atoms with Crippen LogP contribution in [0.15, 0.2) is 23.1 Å². The molecule has 0 aliphatic heterocycles. The molecule has 1 aromatic rings. The highest BCUT2D eigenvalue weighted by atomic mass is 32.2. The lowest BCUT2D eigenvalue weighted by Gasteiger charge is -2.16. The number of carboxylic acids is 1. The highest BCUT2D eigenvalue weighted by Crippen LogP contribution is 2.21. The van der Waals surface area contributed by atoms with Crippen molar-refractivity contribution in [2.45, 2.75) is 31.2 Å². The number of aliphatic carboxylic acids is 1. The number of sulfone groups is 1. The Balaban J connectivity index is 3.12. The number of benzene rings is 1. The highest BCUT2D eigenvalue weighted by Gasteiger charge is 2.16. The Morgan fingerprint density at radius 2 is 2.06 bits per heavy atom. The molecule has 0 aliphatic rings. The molecule has 0 heterocycles. The minimum atomic E-state index is -3.29. The van der Waals surface area contributed by atoms with E-state index in [1.54, 1.807) is 19.9 Å². The molecule has 18 heavy (non-hydrogen) atoms. The molecular formula is C12H17NO4S. The second-order valence-electron chi connectivity index (χ2n) is 4.19. The van der Waals surface area contributed by atoms with Gasteiger partial charge >= 0.3 is 5.97 Å². The molecule has 6 heteroatoms. The summed E-state index contributed by atoms with van der Waals surface area (Å²) >= 11 is 0. The molecule has 100 valence electrons. The standard InChI is InChI=1S/C12H17NO4S/c1-4-10(12(14)15)13-11-7-9(18(3,16)17)6-5-8(11)2/h5-7,10,13H,4H2,1-3H3,(H,14,15). The number of carboxylic acid groups (broad SMARTS) is 1. The number of aryl methyl sites for hydroxylation is 1. The summed E-state index contributed by atoms with van der Waals surface area (Å²) in [5, 5.41) is 11.8. The number of rotatable bonds is 5. The van der Waals surface area contributed by atoms with Gasteiger partial charge in [0.15, 0.2) is 9.84 Å². The molecule has 0 aliphatic carbocycles. The van der Waals surface area contributed by atoms with Crippen LogP contribution >= 0.6 is 0 Å². The Morgan fingerprint density at radius 1 is 1.44 bits per heavy atom. The van der Waals surface area contributed by atoms with E-state index in [1.807, 2.05) is 0 Å². The third kappa shape index (κ3) is 3.46. The molecule has 1 atom stereocenters. The lowest BCUT2D eigenvalue weighted by molar-refractivity contribution is -0.137. The summed E-state index contributed by atoms with van der Waals surface area (Å²) in [7, 11) is -3.29. The SMILES string of the molecule is CCC(Nc1cc(S(C)(=O)=O)ccc1C)C(=O)O. The Labute approximate surface area is 107 Å². The molecule has 0 saturated carbocycles. The van der Waals surface area contributed by atoms with E-state index in [0.717, 1.165) is 11.8 Å². The van der Waals surface area contributed by atoms with Crippen LogP contribution in [0.4, 0.5) is 5.69 Å². The molecule has 0 radical (unpaired) electrons. The summed E-state index contributed by atoms with van der Waals surface area (Å²) in [5.74, 6) is -0.957. The van der Waals surface area contributed by atoms with Gasteiger partial charge in [0.05, 0.1) is 4.90 Å². The summed E-state index contributed by atoms with van der Waals surface area (Å²) in [6, 6.07) is 3.92. The highest BCUT2D eigenvalue weighted by molar-refractivity contribution is 7.90. The average molecular weight is 271 g/mol. The summed E-state index contributed by atoms with van der Waals surface area (Å²) in [6.45, 7) is 3.55. The van der Waals surface area contributed by atoms with Crippen LogP contribution < -0.4 is 5.32 Å². The summed E-state index contributed by atoms with van der Waals surface area (Å²) in [5.41, 5.74) is 1.34. The van der Waals surface area contributed by atoms with Gasteiger partial charge in [-0.15, -0.1) is 0 Å². The third-order valence-electron chi connectivity index (χ3n) is 2.67. The molecule has 0 fully saturated rings. The zero-order valence-electron chi connectivity index (χ0n) is 10.6. The van der Waals surface area contributed by atoms with Crippen LogP contribution in [0.5, 0.6) is 0 Å². The van der Waals surface area contributed by atoms with E-state index in [-0.39, 0.29) is 4.90 Å². The van der Waals surface area contributed by atoms with Gasteiger partial charge in [-0.1, -0.05) is 13.0 Å². The molecule has 0 amide bonds. The van der Waals surface area contributed by atoms with Crippen molar-refractivity contribution in [1.29, 1.82) is 0 Å². The average Bonchev–Trinajstić information content (AvgIpc) is 2.25. The van der Waals surface area contributed by atoms with E-state index in [2.05, 4.69) is 5.32 Å². The second kappa shape index (κ2) is 5.39. The maximum Gasteiger partial charge on any atom is 0.326 e. The minimum absolute atomic E-state index is 0.177. The zero-order valence-corrected chi connectivity index (χ0v) is 11.4. The summed E-state index contributed by atoms with van der Waals surface area (Å²) < 4.78 is 22.9. The first-order valence-electron chi connectivity index (χ1n) is 5.55. The predicted octanol–water partition coefficient (Wildman–Crippen LogP) is 1.67. The smallest absolute Gasteiger partial charge is 0.326 e. The quantitative estimate of drug-likeness (QED) is 0.851. The van der Waals surface area contributed by atoms with Crippen LogP contribution in [0.25, 0.3) is 0 Å². The number of hydrogen-bond donors (Lipinski definition) is 2. The molecule has 1 rings (SSSR count). The van der Waals surface area contributed by atoms with Gasteiger partial charge in [0.1, 0.15) is 6.04 Å². The Hall–Kier alpha value is -1.56. The topological polar surface area (TPSA) is 83.5 Å². The molecule has 0 spiro atoms. The van der Waals surface area contributed by atoms with Crippen molar-refractivity contribution in [1.82, 2.24) is 0 Å². The predicted molar refractivity (Wildman–Crippen MR) is 69.6 cm³/mol. The second-order valence-corrected chi connectivity index (χ2v) is 6.21. The van der Waals surface area contributed by atoms with Crippen LogP contribution in [0.2, 0.25) is 0 Å². The van der Waals surface area contributed by atoms with Crippen LogP contribution in [0, 0.1) is 6.92 Å². The lowest BCUT2D eigenvalue weighted by atomic mass is 10.1. The number of anilines is 1. The van der Waals surface area contributed by atoms with Crippen molar-refractivity contribution in [3.8, 4) is 0 Å². The molecule has 0 saturated heterocycles. The van der Waals surface area contributed by atoms with Crippen molar-refractivity contribution >= 4 is 21.5 Å². The van der Waals surface area contributed by atoms with Crippen LogP contribution in [-0.4, -0.2) is 31.8 Å².